The van der Waals surface area contributed by atoms with Crippen LogP contribution >= 0.6 is 39.1 Å². The predicted octanol–water partition coefficient (Wildman–Crippen LogP) is 7.16. The van der Waals surface area contributed by atoms with Crippen LogP contribution in [-0.4, -0.2) is 18.6 Å². The number of halogens is 3. The maximum absolute atomic E-state index is 6.25. The third kappa shape index (κ3) is 5.24. The van der Waals surface area contributed by atoms with Gasteiger partial charge in [0.25, 0.3) is 0 Å². The van der Waals surface area contributed by atoms with Crippen LogP contribution in [0.3, 0.4) is 0 Å². The molecule has 32 heavy (non-hydrogen) atoms. The van der Waals surface area contributed by atoms with Gasteiger partial charge in [0.05, 0.1) is 7.11 Å². The quantitative estimate of drug-likeness (QED) is 0.224. The van der Waals surface area contributed by atoms with Crippen molar-refractivity contribution < 1.29 is 9.47 Å². The van der Waals surface area contributed by atoms with Crippen LogP contribution in [0.1, 0.15) is 16.7 Å². The number of fused-ring (bicyclic) bond motifs is 1. The highest BCUT2D eigenvalue weighted by Crippen LogP contribution is 2.35. The Balaban J connectivity index is 1.38. The Morgan fingerprint density at radius 2 is 1.75 bits per heavy atom. The summed E-state index contributed by atoms with van der Waals surface area (Å²) in [5.74, 6) is 1.28. The number of benzene rings is 3. The van der Waals surface area contributed by atoms with Gasteiger partial charge >= 0.3 is 0 Å². The van der Waals surface area contributed by atoms with E-state index in [1.54, 1.807) is 19.2 Å². The molecule has 0 aliphatic carbocycles. The van der Waals surface area contributed by atoms with Gasteiger partial charge in [-0.2, -0.15) is 0 Å². The molecular formula is C25H23BrCl2N2O2. The van der Waals surface area contributed by atoms with Gasteiger partial charge in [-0.1, -0.05) is 63.4 Å². The molecule has 0 amide bonds. The molecule has 0 unspecified atom stereocenters. The predicted molar refractivity (Wildman–Crippen MR) is 135 cm³/mol. The van der Waals surface area contributed by atoms with E-state index in [4.69, 9.17) is 32.7 Å². The van der Waals surface area contributed by atoms with E-state index >= 15 is 0 Å². The van der Waals surface area contributed by atoms with Gasteiger partial charge in [0.2, 0.25) is 0 Å². The van der Waals surface area contributed by atoms with E-state index in [9.17, 15) is 0 Å². The van der Waals surface area contributed by atoms with Crippen molar-refractivity contribution in [2.24, 2.45) is 0 Å². The van der Waals surface area contributed by atoms with Crippen LogP contribution in [0.2, 0.25) is 10.0 Å². The molecule has 0 spiro atoms. The first-order valence-electron chi connectivity index (χ1n) is 10.2. The standard InChI is InChI=1S/C25H23BrCl2N2O2/c1-31-24-11-17(13-29-10-9-16-14-30-23-8-3-2-5-18(16)23)20(26)12-25(24)32-15-19-21(27)6-4-7-22(19)28/h2-8,11-12,14,29-30H,9-10,13,15H2,1H3. The third-order valence-corrected chi connectivity index (χ3v) is 6.77. The second-order valence-electron chi connectivity index (χ2n) is 7.37. The van der Waals surface area contributed by atoms with E-state index in [0.717, 1.165) is 28.6 Å². The summed E-state index contributed by atoms with van der Waals surface area (Å²) < 4.78 is 12.5. The van der Waals surface area contributed by atoms with E-state index in [1.807, 2.05) is 24.3 Å². The Morgan fingerprint density at radius 3 is 2.53 bits per heavy atom. The molecule has 0 saturated carbocycles. The van der Waals surface area contributed by atoms with E-state index < -0.39 is 0 Å². The van der Waals surface area contributed by atoms with Crippen molar-refractivity contribution in [2.45, 2.75) is 19.6 Å². The zero-order valence-electron chi connectivity index (χ0n) is 17.6. The molecule has 0 saturated heterocycles. The number of ether oxygens (including phenoxy) is 2. The minimum absolute atomic E-state index is 0.253. The van der Waals surface area contributed by atoms with Crippen molar-refractivity contribution in [1.29, 1.82) is 0 Å². The number of hydrogen-bond donors (Lipinski definition) is 2. The van der Waals surface area contributed by atoms with E-state index in [0.29, 0.717) is 28.1 Å². The highest BCUT2D eigenvalue weighted by atomic mass is 79.9. The lowest BCUT2D eigenvalue weighted by molar-refractivity contribution is 0.284. The number of aromatic nitrogens is 1. The molecule has 0 fully saturated rings. The minimum atomic E-state index is 0.253. The summed E-state index contributed by atoms with van der Waals surface area (Å²) in [5, 5.41) is 5.94. The van der Waals surface area contributed by atoms with Crippen molar-refractivity contribution >= 4 is 50.0 Å². The van der Waals surface area contributed by atoms with Crippen LogP contribution in [-0.2, 0) is 19.6 Å². The average Bonchev–Trinajstić information content (AvgIpc) is 3.20. The lowest BCUT2D eigenvalue weighted by Gasteiger charge is -2.15. The van der Waals surface area contributed by atoms with Crippen molar-refractivity contribution in [3.8, 4) is 11.5 Å². The average molecular weight is 534 g/mol. The lowest BCUT2D eigenvalue weighted by Crippen LogP contribution is -2.17. The lowest BCUT2D eigenvalue weighted by atomic mass is 10.1. The van der Waals surface area contributed by atoms with Crippen molar-refractivity contribution in [3.05, 3.63) is 92.0 Å². The zero-order valence-corrected chi connectivity index (χ0v) is 20.7. The summed E-state index contributed by atoms with van der Waals surface area (Å²) in [6.45, 7) is 1.82. The maximum Gasteiger partial charge on any atom is 0.162 e. The van der Waals surface area contributed by atoms with Gasteiger partial charge in [0.15, 0.2) is 11.5 Å². The first kappa shape index (κ1) is 23.0. The Kier molecular flexibility index (Phi) is 7.63. The number of para-hydroxylation sites is 1. The summed E-state index contributed by atoms with van der Waals surface area (Å²) >= 11 is 16.2. The molecule has 1 heterocycles. The molecule has 0 aliphatic heterocycles. The van der Waals surface area contributed by atoms with Crippen LogP contribution in [0.4, 0.5) is 0 Å². The van der Waals surface area contributed by atoms with Crippen LogP contribution in [0.5, 0.6) is 11.5 Å². The summed E-state index contributed by atoms with van der Waals surface area (Å²) in [6, 6.07) is 17.7. The fourth-order valence-electron chi connectivity index (χ4n) is 3.59. The molecule has 2 N–H and O–H groups in total. The molecule has 0 atom stereocenters. The van der Waals surface area contributed by atoms with E-state index in [-0.39, 0.29) is 6.61 Å². The molecule has 7 heteroatoms. The summed E-state index contributed by atoms with van der Waals surface area (Å²) in [5.41, 5.74) is 4.32. The molecule has 0 radical (unpaired) electrons. The minimum Gasteiger partial charge on any atom is -0.493 e. The highest BCUT2D eigenvalue weighted by molar-refractivity contribution is 9.10. The van der Waals surface area contributed by atoms with Crippen LogP contribution in [0.25, 0.3) is 10.9 Å². The Bertz CT molecular complexity index is 1210. The molecule has 4 aromatic rings. The van der Waals surface area contributed by atoms with Gasteiger partial charge in [-0.3, -0.25) is 0 Å². The maximum atomic E-state index is 6.25. The molecule has 4 rings (SSSR count). The van der Waals surface area contributed by atoms with E-state index in [1.165, 1.54) is 16.5 Å². The largest absolute Gasteiger partial charge is 0.493 e. The Labute approximate surface area is 206 Å². The van der Waals surface area contributed by atoms with Gasteiger partial charge in [-0.15, -0.1) is 0 Å². The summed E-state index contributed by atoms with van der Waals surface area (Å²) in [7, 11) is 1.63. The molecule has 1 aromatic heterocycles. The second-order valence-corrected chi connectivity index (χ2v) is 9.04. The first-order chi connectivity index (χ1) is 15.6. The van der Waals surface area contributed by atoms with Gasteiger partial charge < -0.3 is 19.8 Å². The number of hydrogen-bond acceptors (Lipinski definition) is 3. The normalized spacial score (nSPS) is 11.1. The smallest absolute Gasteiger partial charge is 0.162 e. The second kappa shape index (κ2) is 10.6. The fourth-order valence-corrected chi connectivity index (χ4v) is 4.56. The van der Waals surface area contributed by atoms with Crippen molar-refractivity contribution in [2.75, 3.05) is 13.7 Å². The van der Waals surface area contributed by atoms with Crippen molar-refractivity contribution in [3.63, 3.8) is 0 Å². The van der Waals surface area contributed by atoms with Crippen molar-refractivity contribution in [1.82, 2.24) is 10.3 Å². The molecule has 3 aromatic carbocycles. The van der Waals surface area contributed by atoms with Crippen LogP contribution in [0.15, 0.2) is 65.3 Å². The Morgan fingerprint density at radius 1 is 0.969 bits per heavy atom. The van der Waals surface area contributed by atoms with Crippen LogP contribution in [0, 0.1) is 0 Å². The SMILES string of the molecule is COc1cc(CNCCc2c[nH]c3ccccc23)c(Br)cc1OCc1c(Cl)cccc1Cl. The van der Waals surface area contributed by atoms with Gasteiger partial charge in [-0.05, 0) is 54.4 Å². The number of aromatic amines is 1. The molecular weight excluding hydrogens is 511 g/mol. The van der Waals surface area contributed by atoms with Gasteiger partial charge in [0.1, 0.15) is 6.61 Å². The zero-order chi connectivity index (χ0) is 22.5. The highest BCUT2D eigenvalue weighted by Gasteiger charge is 2.13. The number of methoxy groups -OCH3 is 1. The van der Waals surface area contributed by atoms with Gasteiger partial charge in [0, 0.05) is 43.7 Å². The van der Waals surface area contributed by atoms with Gasteiger partial charge in [-0.25, -0.2) is 0 Å². The van der Waals surface area contributed by atoms with Crippen LogP contribution < -0.4 is 14.8 Å². The van der Waals surface area contributed by atoms with E-state index in [2.05, 4.69) is 50.6 Å². The molecule has 4 nitrogen and oxygen atoms in total. The first-order valence-corrected chi connectivity index (χ1v) is 11.8. The molecule has 166 valence electrons. The number of rotatable bonds is 9. The summed E-state index contributed by atoms with van der Waals surface area (Å²) in [4.78, 5) is 3.33. The number of H-pyrrole nitrogens is 1. The molecule has 0 aliphatic rings. The number of nitrogens with one attached hydrogen (secondary N) is 2. The third-order valence-electron chi connectivity index (χ3n) is 5.33. The molecule has 0 bridgehead atoms. The topological polar surface area (TPSA) is 46.3 Å². The Hall–Kier alpha value is -2.18. The monoisotopic (exact) mass is 532 g/mol. The fraction of sp³-hybridized carbons (Fsp3) is 0.200. The summed E-state index contributed by atoms with van der Waals surface area (Å²) in [6.07, 6.45) is 3.03.